The van der Waals surface area contributed by atoms with Crippen molar-refractivity contribution in [2.75, 3.05) is 18.6 Å². The minimum Gasteiger partial charge on any atom is -0.497 e. The van der Waals surface area contributed by atoms with Gasteiger partial charge in [-0.3, -0.25) is 4.79 Å². The number of fused-ring (bicyclic) bond motifs is 1. The fraction of sp³-hybridized carbons (Fsp3) is 0.435. The van der Waals surface area contributed by atoms with Gasteiger partial charge in [-0.05, 0) is 42.7 Å². The molecule has 29 heavy (non-hydrogen) atoms. The fourth-order valence-corrected chi connectivity index (χ4v) is 4.10. The molecule has 0 unspecified atom stereocenters. The number of carbonyl (C=O) groups is 1. The Bertz CT molecular complexity index is 839. The highest BCUT2D eigenvalue weighted by Gasteiger charge is 2.33. The highest BCUT2D eigenvalue weighted by atomic mass is 16.5. The van der Waals surface area contributed by atoms with E-state index in [2.05, 4.69) is 10.2 Å². The average Bonchev–Trinajstić information content (AvgIpc) is 2.76. The Kier molecular flexibility index (Phi) is 5.90. The summed E-state index contributed by atoms with van der Waals surface area (Å²) in [6.07, 6.45) is 2.50. The summed E-state index contributed by atoms with van der Waals surface area (Å²) in [6, 6.07) is 15.6. The van der Waals surface area contributed by atoms with Gasteiger partial charge in [0.2, 0.25) is 0 Å². The number of hydrogen-bond donors (Lipinski definition) is 2. The Balaban J connectivity index is 1.49. The smallest absolute Gasteiger partial charge is 0.263 e. The molecule has 154 valence electrons. The van der Waals surface area contributed by atoms with Crippen molar-refractivity contribution < 1.29 is 19.4 Å². The summed E-state index contributed by atoms with van der Waals surface area (Å²) in [5, 5.41) is 13.2. The van der Waals surface area contributed by atoms with Crippen LogP contribution in [0.3, 0.4) is 0 Å². The summed E-state index contributed by atoms with van der Waals surface area (Å²) in [7, 11) is 1.65. The number of nitrogens with one attached hydrogen (secondary N) is 1. The van der Waals surface area contributed by atoms with Gasteiger partial charge in [-0.2, -0.15) is 0 Å². The number of anilines is 1. The van der Waals surface area contributed by atoms with Crippen LogP contribution in [0.25, 0.3) is 0 Å². The number of aliphatic hydroxyl groups is 1. The number of hydrogen-bond acceptors (Lipinski definition) is 5. The van der Waals surface area contributed by atoms with Crippen LogP contribution >= 0.6 is 0 Å². The average molecular weight is 396 g/mol. The lowest BCUT2D eigenvalue weighted by molar-refractivity contribution is -0.129. The zero-order valence-electron chi connectivity index (χ0n) is 16.7. The summed E-state index contributed by atoms with van der Waals surface area (Å²) in [5.74, 6) is 1.36. The normalized spacial score (nSPS) is 23.7. The number of rotatable bonds is 5. The molecule has 0 radical (unpaired) electrons. The van der Waals surface area contributed by atoms with E-state index < -0.39 is 12.2 Å². The maximum atomic E-state index is 12.9. The van der Waals surface area contributed by atoms with Crippen LogP contribution in [0.15, 0.2) is 48.5 Å². The monoisotopic (exact) mass is 396 g/mol. The first-order chi connectivity index (χ1) is 14.1. The Morgan fingerprint density at radius 2 is 1.93 bits per heavy atom. The molecule has 4 rings (SSSR count). The fourth-order valence-electron chi connectivity index (χ4n) is 4.10. The van der Waals surface area contributed by atoms with E-state index in [0.29, 0.717) is 18.8 Å². The zero-order valence-corrected chi connectivity index (χ0v) is 16.7. The summed E-state index contributed by atoms with van der Waals surface area (Å²) < 4.78 is 11.3. The minimum absolute atomic E-state index is 0.162. The highest BCUT2D eigenvalue weighted by molar-refractivity contribution is 5.83. The maximum Gasteiger partial charge on any atom is 0.263 e. The van der Waals surface area contributed by atoms with Crippen molar-refractivity contribution in [3.63, 3.8) is 0 Å². The summed E-state index contributed by atoms with van der Waals surface area (Å²) in [5.41, 5.74) is 2.11. The lowest BCUT2D eigenvalue weighted by Gasteiger charge is -2.37. The molecule has 6 nitrogen and oxygen atoms in total. The third-order valence-corrected chi connectivity index (χ3v) is 5.74. The highest BCUT2D eigenvalue weighted by Crippen LogP contribution is 2.34. The molecule has 2 aromatic rings. The van der Waals surface area contributed by atoms with Crippen molar-refractivity contribution in [2.45, 2.75) is 50.5 Å². The van der Waals surface area contributed by atoms with Gasteiger partial charge < -0.3 is 24.8 Å². The first-order valence-electron chi connectivity index (χ1n) is 10.3. The standard InChI is InChI=1S/C23H28N2O4/c1-28-17-12-10-16(11-13-17)14-25-15-22(29-21-9-5-3-7-19(21)25)23(27)24-18-6-2-4-8-20(18)26/h3,5,7,9-13,18,20,22,26H,2,4,6,8,14-15H2,1H3,(H,24,27)/t18-,20-,22-/m0/s1. The maximum absolute atomic E-state index is 12.9. The van der Waals surface area contributed by atoms with Crippen molar-refractivity contribution in [2.24, 2.45) is 0 Å². The predicted molar refractivity (Wildman–Crippen MR) is 111 cm³/mol. The first kappa shape index (κ1) is 19.6. The molecule has 2 N–H and O–H groups in total. The molecule has 2 aliphatic rings. The molecule has 1 saturated carbocycles. The van der Waals surface area contributed by atoms with Gasteiger partial charge >= 0.3 is 0 Å². The zero-order chi connectivity index (χ0) is 20.2. The molecular weight excluding hydrogens is 368 g/mol. The van der Waals surface area contributed by atoms with Crippen LogP contribution < -0.4 is 19.7 Å². The van der Waals surface area contributed by atoms with Crippen molar-refractivity contribution in [3.05, 3.63) is 54.1 Å². The number of benzene rings is 2. The van der Waals surface area contributed by atoms with E-state index in [9.17, 15) is 9.90 Å². The second-order valence-corrected chi connectivity index (χ2v) is 7.77. The predicted octanol–water partition coefficient (Wildman–Crippen LogP) is 2.88. The Morgan fingerprint density at radius 3 is 2.69 bits per heavy atom. The number of nitrogens with zero attached hydrogens (tertiary/aromatic N) is 1. The third kappa shape index (κ3) is 4.48. The van der Waals surface area contributed by atoms with E-state index in [1.807, 2.05) is 48.5 Å². The van der Waals surface area contributed by atoms with Gasteiger partial charge in [0.1, 0.15) is 11.5 Å². The molecule has 3 atom stereocenters. The summed E-state index contributed by atoms with van der Waals surface area (Å²) >= 11 is 0. The van der Waals surface area contributed by atoms with Crippen molar-refractivity contribution >= 4 is 11.6 Å². The molecule has 0 bridgehead atoms. The first-order valence-corrected chi connectivity index (χ1v) is 10.3. The number of aliphatic hydroxyl groups excluding tert-OH is 1. The number of methoxy groups -OCH3 is 1. The number of carbonyl (C=O) groups excluding carboxylic acids is 1. The van der Waals surface area contributed by atoms with E-state index in [1.54, 1.807) is 7.11 Å². The Morgan fingerprint density at radius 1 is 1.17 bits per heavy atom. The van der Waals surface area contributed by atoms with Crippen LogP contribution in [0.5, 0.6) is 11.5 Å². The topological polar surface area (TPSA) is 71.0 Å². The quantitative estimate of drug-likeness (QED) is 0.813. The van der Waals surface area contributed by atoms with E-state index in [4.69, 9.17) is 9.47 Å². The number of ether oxygens (including phenoxy) is 2. The van der Waals surface area contributed by atoms with Crippen LogP contribution in [-0.2, 0) is 11.3 Å². The van der Waals surface area contributed by atoms with Gasteiger partial charge in [0, 0.05) is 6.54 Å². The Hall–Kier alpha value is -2.73. The van der Waals surface area contributed by atoms with Crippen LogP contribution in [-0.4, -0.2) is 42.9 Å². The second-order valence-electron chi connectivity index (χ2n) is 7.77. The molecule has 1 aliphatic carbocycles. The molecule has 1 fully saturated rings. The number of amides is 1. The van der Waals surface area contributed by atoms with Crippen molar-refractivity contribution in [1.82, 2.24) is 5.32 Å². The van der Waals surface area contributed by atoms with E-state index in [1.165, 1.54) is 0 Å². The van der Waals surface area contributed by atoms with Crippen LogP contribution in [0.4, 0.5) is 5.69 Å². The van der Waals surface area contributed by atoms with Crippen molar-refractivity contribution in [3.8, 4) is 11.5 Å². The Labute approximate surface area is 171 Å². The molecule has 6 heteroatoms. The molecule has 1 heterocycles. The van der Waals surface area contributed by atoms with Gasteiger partial charge in [0.05, 0.1) is 31.5 Å². The largest absolute Gasteiger partial charge is 0.497 e. The summed E-state index contributed by atoms with van der Waals surface area (Å²) in [4.78, 5) is 15.1. The molecule has 0 spiro atoms. The SMILES string of the molecule is COc1ccc(CN2C[C@@H](C(=O)N[C@H]3CCCC[C@@H]3O)Oc3ccccc32)cc1. The van der Waals surface area contributed by atoms with E-state index >= 15 is 0 Å². The van der Waals surface area contributed by atoms with Gasteiger partial charge in [-0.25, -0.2) is 0 Å². The third-order valence-electron chi connectivity index (χ3n) is 5.74. The van der Waals surface area contributed by atoms with E-state index in [0.717, 1.165) is 42.7 Å². The van der Waals surface area contributed by atoms with Crippen LogP contribution in [0, 0.1) is 0 Å². The van der Waals surface area contributed by atoms with Gasteiger partial charge in [0.15, 0.2) is 6.10 Å². The molecular formula is C23H28N2O4. The van der Waals surface area contributed by atoms with E-state index in [-0.39, 0.29) is 11.9 Å². The van der Waals surface area contributed by atoms with Gasteiger partial charge in [-0.1, -0.05) is 37.1 Å². The van der Waals surface area contributed by atoms with Gasteiger partial charge in [-0.15, -0.1) is 0 Å². The van der Waals surface area contributed by atoms with Crippen LogP contribution in [0.2, 0.25) is 0 Å². The lowest BCUT2D eigenvalue weighted by Crippen LogP contribution is -2.54. The minimum atomic E-state index is -0.614. The van der Waals surface area contributed by atoms with Crippen molar-refractivity contribution in [1.29, 1.82) is 0 Å². The van der Waals surface area contributed by atoms with Gasteiger partial charge in [0.25, 0.3) is 5.91 Å². The summed E-state index contributed by atoms with van der Waals surface area (Å²) in [6.45, 7) is 1.12. The number of para-hydroxylation sites is 2. The molecule has 1 aliphatic heterocycles. The lowest BCUT2D eigenvalue weighted by atomic mass is 9.92. The molecule has 1 amide bonds. The van der Waals surface area contributed by atoms with Crippen LogP contribution in [0.1, 0.15) is 31.2 Å². The second kappa shape index (κ2) is 8.74. The molecule has 0 saturated heterocycles. The molecule has 0 aromatic heterocycles. The molecule has 2 aromatic carbocycles.